The van der Waals surface area contributed by atoms with Crippen molar-refractivity contribution in [3.8, 4) is 0 Å². The van der Waals surface area contributed by atoms with Crippen molar-refractivity contribution in [3.63, 3.8) is 0 Å². The number of anilines is 2. The SMILES string of the molecule is CCNc1ccccc1S(=O)(=O)Nc1ccccc1SC. The molecule has 0 bridgehead atoms. The quantitative estimate of drug-likeness (QED) is 0.797. The lowest BCUT2D eigenvalue weighted by atomic mass is 10.3. The Balaban J connectivity index is 2.39. The highest BCUT2D eigenvalue weighted by Gasteiger charge is 2.19. The van der Waals surface area contributed by atoms with Crippen molar-refractivity contribution in [2.45, 2.75) is 16.7 Å². The number of benzene rings is 2. The van der Waals surface area contributed by atoms with Gasteiger partial charge in [-0.2, -0.15) is 0 Å². The number of thioether (sulfide) groups is 1. The molecule has 0 aromatic heterocycles. The van der Waals surface area contributed by atoms with E-state index < -0.39 is 10.0 Å². The summed E-state index contributed by atoms with van der Waals surface area (Å²) in [4.78, 5) is 1.14. The zero-order valence-corrected chi connectivity index (χ0v) is 13.6. The molecular formula is C15H18N2O2S2. The zero-order chi connectivity index (χ0) is 15.3. The highest BCUT2D eigenvalue weighted by Crippen LogP contribution is 2.29. The van der Waals surface area contributed by atoms with Crippen LogP contribution in [0.1, 0.15) is 6.92 Å². The maximum Gasteiger partial charge on any atom is 0.263 e. The minimum atomic E-state index is -3.62. The standard InChI is InChI=1S/C15H18N2O2S2/c1-3-16-13-9-5-7-11-15(13)21(18,19)17-12-8-4-6-10-14(12)20-2/h4-11,16-17H,3H2,1-2H3. The minimum Gasteiger partial charge on any atom is -0.384 e. The lowest BCUT2D eigenvalue weighted by Gasteiger charge is -2.14. The zero-order valence-electron chi connectivity index (χ0n) is 12.0. The van der Waals surface area contributed by atoms with Crippen LogP contribution in [0.25, 0.3) is 0 Å². The van der Waals surface area contributed by atoms with Gasteiger partial charge >= 0.3 is 0 Å². The molecule has 0 radical (unpaired) electrons. The van der Waals surface area contributed by atoms with Gasteiger partial charge in [-0.1, -0.05) is 24.3 Å². The summed E-state index contributed by atoms with van der Waals surface area (Å²) in [6, 6.07) is 14.2. The van der Waals surface area contributed by atoms with Gasteiger partial charge in [0.1, 0.15) is 4.90 Å². The van der Waals surface area contributed by atoms with E-state index >= 15 is 0 Å². The van der Waals surface area contributed by atoms with E-state index in [0.29, 0.717) is 17.9 Å². The fourth-order valence-corrected chi connectivity index (χ4v) is 3.85. The first kappa shape index (κ1) is 15.7. The minimum absolute atomic E-state index is 0.253. The van der Waals surface area contributed by atoms with E-state index in [9.17, 15) is 8.42 Å². The molecule has 0 heterocycles. The molecule has 0 amide bonds. The number of rotatable bonds is 6. The van der Waals surface area contributed by atoms with Crippen molar-refractivity contribution in [1.29, 1.82) is 0 Å². The monoisotopic (exact) mass is 322 g/mol. The lowest BCUT2D eigenvalue weighted by molar-refractivity contribution is 0.601. The fraction of sp³-hybridized carbons (Fsp3) is 0.200. The Morgan fingerprint density at radius 2 is 1.62 bits per heavy atom. The Morgan fingerprint density at radius 1 is 1.00 bits per heavy atom. The fourth-order valence-electron chi connectivity index (χ4n) is 1.97. The molecule has 0 aliphatic carbocycles. The molecule has 0 spiro atoms. The Morgan fingerprint density at radius 3 is 2.29 bits per heavy atom. The summed E-state index contributed by atoms with van der Waals surface area (Å²) in [7, 11) is -3.62. The third kappa shape index (κ3) is 3.71. The van der Waals surface area contributed by atoms with E-state index in [4.69, 9.17) is 0 Å². The van der Waals surface area contributed by atoms with Crippen molar-refractivity contribution in [2.24, 2.45) is 0 Å². The van der Waals surface area contributed by atoms with Crippen LogP contribution in [0, 0.1) is 0 Å². The molecule has 2 aromatic carbocycles. The number of hydrogen-bond donors (Lipinski definition) is 2. The van der Waals surface area contributed by atoms with Crippen molar-refractivity contribution >= 4 is 33.2 Å². The summed E-state index contributed by atoms with van der Waals surface area (Å²) >= 11 is 1.50. The average molecular weight is 322 g/mol. The Labute approximate surface area is 130 Å². The summed E-state index contributed by atoms with van der Waals surface area (Å²) in [6.45, 7) is 2.59. The van der Waals surface area contributed by atoms with Crippen LogP contribution in [0.4, 0.5) is 11.4 Å². The highest BCUT2D eigenvalue weighted by atomic mass is 32.2. The van der Waals surface area contributed by atoms with E-state index in [0.717, 1.165) is 4.90 Å². The van der Waals surface area contributed by atoms with Gasteiger partial charge in [-0.25, -0.2) is 8.42 Å². The third-order valence-corrected chi connectivity index (χ3v) is 5.11. The molecule has 0 unspecified atom stereocenters. The Kier molecular flexibility index (Phi) is 5.14. The van der Waals surface area contributed by atoms with Crippen molar-refractivity contribution in [2.75, 3.05) is 22.8 Å². The van der Waals surface area contributed by atoms with Gasteiger partial charge in [-0.15, -0.1) is 11.8 Å². The second-order valence-corrected chi connectivity index (χ2v) is 6.83. The number of sulfonamides is 1. The van der Waals surface area contributed by atoms with Crippen LogP contribution < -0.4 is 10.0 Å². The molecule has 0 saturated heterocycles. The molecular weight excluding hydrogens is 304 g/mol. The molecule has 4 nitrogen and oxygen atoms in total. The van der Waals surface area contributed by atoms with Crippen LogP contribution in [-0.2, 0) is 10.0 Å². The molecule has 6 heteroatoms. The third-order valence-electron chi connectivity index (χ3n) is 2.90. The van der Waals surface area contributed by atoms with E-state index in [1.54, 1.807) is 24.3 Å². The second kappa shape index (κ2) is 6.87. The molecule has 112 valence electrons. The van der Waals surface area contributed by atoms with Crippen LogP contribution in [0.2, 0.25) is 0 Å². The molecule has 0 fully saturated rings. The Hall–Kier alpha value is -1.66. The van der Waals surface area contributed by atoms with Crippen molar-refractivity contribution < 1.29 is 8.42 Å². The van der Waals surface area contributed by atoms with Gasteiger partial charge in [-0.05, 0) is 37.4 Å². The topological polar surface area (TPSA) is 58.2 Å². The predicted octanol–water partition coefficient (Wildman–Crippen LogP) is 3.64. The maximum atomic E-state index is 12.6. The van der Waals surface area contributed by atoms with Gasteiger partial charge in [0.25, 0.3) is 10.0 Å². The summed E-state index contributed by atoms with van der Waals surface area (Å²) in [5, 5.41) is 3.07. The number of para-hydroxylation sites is 2. The first-order chi connectivity index (χ1) is 10.1. The van der Waals surface area contributed by atoms with Crippen LogP contribution in [0.3, 0.4) is 0 Å². The van der Waals surface area contributed by atoms with Gasteiger partial charge < -0.3 is 5.32 Å². The van der Waals surface area contributed by atoms with E-state index in [1.807, 2.05) is 37.4 Å². The van der Waals surface area contributed by atoms with E-state index in [1.165, 1.54) is 11.8 Å². The maximum absolute atomic E-state index is 12.6. The van der Waals surface area contributed by atoms with Gasteiger partial charge in [0, 0.05) is 11.4 Å². The molecule has 2 aromatic rings. The molecule has 0 atom stereocenters. The normalized spacial score (nSPS) is 11.1. The van der Waals surface area contributed by atoms with Crippen LogP contribution in [0.5, 0.6) is 0 Å². The smallest absolute Gasteiger partial charge is 0.263 e. The van der Waals surface area contributed by atoms with E-state index in [-0.39, 0.29) is 4.90 Å². The molecule has 0 saturated carbocycles. The summed E-state index contributed by atoms with van der Waals surface area (Å²) in [6.07, 6.45) is 1.92. The van der Waals surface area contributed by atoms with Crippen LogP contribution >= 0.6 is 11.8 Å². The molecule has 2 rings (SSSR count). The van der Waals surface area contributed by atoms with Gasteiger partial charge in [-0.3, -0.25) is 4.72 Å². The summed E-state index contributed by atoms with van der Waals surface area (Å²) < 4.78 is 27.9. The van der Waals surface area contributed by atoms with Crippen LogP contribution in [0.15, 0.2) is 58.3 Å². The molecule has 0 aliphatic heterocycles. The van der Waals surface area contributed by atoms with Crippen LogP contribution in [-0.4, -0.2) is 21.2 Å². The number of nitrogens with one attached hydrogen (secondary N) is 2. The van der Waals surface area contributed by atoms with Gasteiger partial charge in [0.15, 0.2) is 0 Å². The molecule has 21 heavy (non-hydrogen) atoms. The van der Waals surface area contributed by atoms with Gasteiger partial charge in [0.2, 0.25) is 0 Å². The molecule has 0 aliphatic rings. The first-order valence-electron chi connectivity index (χ1n) is 6.57. The number of hydrogen-bond acceptors (Lipinski definition) is 4. The predicted molar refractivity (Wildman–Crippen MR) is 89.6 cm³/mol. The average Bonchev–Trinajstić information content (AvgIpc) is 2.48. The lowest BCUT2D eigenvalue weighted by Crippen LogP contribution is -2.15. The summed E-state index contributed by atoms with van der Waals surface area (Å²) in [5.41, 5.74) is 1.20. The Bertz CT molecular complexity index is 715. The first-order valence-corrected chi connectivity index (χ1v) is 9.28. The largest absolute Gasteiger partial charge is 0.384 e. The van der Waals surface area contributed by atoms with Crippen molar-refractivity contribution in [1.82, 2.24) is 0 Å². The van der Waals surface area contributed by atoms with Gasteiger partial charge in [0.05, 0.1) is 11.4 Å². The molecule has 2 N–H and O–H groups in total. The second-order valence-electron chi connectivity index (χ2n) is 4.33. The highest BCUT2D eigenvalue weighted by molar-refractivity contribution is 7.99. The van der Waals surface area contributed by atoms with E-state index in [2.05, 4.69) is 10.0 Å². The van der Waals surface area contributed by atoms with Crippen molar-refractivity contribution in [3.05, 3.63) is 48.5 Å². The summed E-state index contributed by atoms with van der Waals surface area (Å²) in [5.74, 6) is 0.